The molecule has 8 nitrogen and oxygen atoms in total. The zero-order valence-electron chi connectivity index (χ0n) is 14.6. The quantitative estimate of drug-likeness (QED) is 0.528. The Hall–Kier alpha value is -3.39. The fraction of sp³-hybridized carbons (Fsp3) is 0.211. The van der Waals surface area contributed by atoms with E-state index in [1.54, 1.807) is 11.6 Å². The SMILES string of the molecule is Cn1c(=O)[nH]c(=O)c2c1nc1n2C[C@@H](O)CN1c1ccc2ccccc2c1. The summed E-state index contributed by atoms with van der Waals surface area (Å²) < 4.78 is 2.99. The summed E-state index contributed by atoms with van der Waals surface area (Å²) in [6.07, 6.45) is -0.669. The number of imidazole rings is 1. The molecule has 3 heterocycles. The van der Waals surface area contributed by atoms with E-state index in [1.165, 1.54) is 4.57 Å². The lowest BCUT2D eigenvalue weighted by Crippen LogP contribution is -2.39. The number of nitrogens with one attached hydrogen (secondary N) is 1. The number of aromatic nitrogens is 4. The fourth-order valence-corrected chi connectivity index (χ4v) is 3.73. The monoisotopic (exact) mass is 363 g/mol. The lowest BCUT2D eigenvalue weighted by molar-refractivity contribution is 0.154. The number of hydrogen-bond donors (Lipinski definition) is 2. The highest BCUT2D eigenvalue weighted by Gasteiger charge is 2.29. The van der Waals surface area contributed by atoms with Gasteiger partial charge in [0.15, 0.2) is 11.2 Å². The maximum Gasteiger partial charge on any atom is 0.329 e. The number of aromatic amines is 1. The van der Waals surface area contributed by atoms with E-state index in [2.05, 4.69) is 9.97 Å². The molecule has 2 N–H and O–H groups in total. The predicted octanol–water partition coefficient (Wildman–Crippen LogP) is 1.09. The van der Waals surface area contributed by atoms with Gasteiger partial charge in [-0.3, -0.25) is 14.3 Å². The van der Waals surface area contributed by atoms with Crippen molar-refractivity contribution in [3.63, 3.8) is 0 Å². The highest BCUT2D eigenvalue weighted by molar-refractivity contribution is 5.87. The normalized spacial score (nSPS) is 16.8. The molecule has 0 saturated heterocycles. The van der Waals surface area contributed by atoms with Gasteiger partial charge in [-0.2, -0.15) is 4.98 Å². The lowest BCUT2D eigenvalue weighted by atomic mass is 10.1. The molecule has 27 heavy (non-hydrogen) atoms. The minimum atomic E-state index is -0.669. The summed E-state index contributed by atoms with van der Waals surface area (Å²) in [7, 11) is 1.57. The van der Waals surface area contributed by atoms with Gasteiger partial charge in [0.1, 0.15) is 0 Å². The lowest BCUT2D eigenvalue weighted by Gasteiger charge is -2.32. The van der Waals surface area contributed by atoms with Crippen LogP contribution in [0.2, 0.25) is 0 Å². The summed E-state index contributed by atoms with van der Waals surface area (Å²) in [4.78, 5) is 33.1. The summed E-state index contributed by atoms with van der Waals surface area (Å²) >= 11 is 0. The molecule has 1 aliphatic heterocycles. The molecule has 0 bridgehead atoms. The van der Waals surface area contributed by atoms with E-state index < -0.39 is 17.4 Å². The summed E-state index contributed by atoms with van der Waals surface area (Å²) in [6, 6.07) is 14.0. The van der Waals surface area contributed by atoms with Gasteiger partial charge in [-0.15, -0.1) is 0 Å². The minimum absolute atomic E-state index is 0.247. The van der Waals surface area contributed by atoms with Crippen molar-refractivity contribution < 1.29 is 5.11 Å². The third-order valence-electron chi connectivity index (χ3n) is 5.06. The summed E-state index contributed by atoms with van der Waals surface area (Å²) in [5.74, 6) is 0.539. The van der Waals surface area contributed by atoms with Crippen LogP contribution in [-0.4, -0.2) is 36.9 Å². The Kier molecular flexibility index (Phi) is 3.26. The highest BCUT2D eigenvalue weighted by Crippen LogP contribution is 2.32. The average Bonchev–Trinajstić information content (AvgIpc) is 3.05. The van der Waals surface area contributed by atoms with E-state index in [9.17, 15) is 14.7 Å². The van der Waals surface area contributed by atoms with Crippen LogP contribution in [0.3, 0.4) is 0 Å². The van der Waals surface area contributed by atoms with Gasteiger partial charge in [0.25, 0.3) is 5.56 Å². The number of hydrogen-bond acceptors (Lipinski definition) is 5. The summed E-state index contributed by atoms with van der Waals surface area (Å²) in [5, 5.41) is 12.6. The molecular formula is C19H17N5O3. The van der Waals surface area contributed by atoms with Crippen molar-refractivity contribution in [3.05, 3.63) is 63.3 Å². The van der Waals surface area contributed by atoms with Crippen molar-refractivity contribution in [2.24, 2.45) is 7.05 Å². The van der Waals surface area contributed by atoms with Gasteiger partial charge in [-0.1, -0.05) is 30.3 Å². The van der Waals surface area contributed by atoms with Crippen LogP contribution in [-0.2, 0) is 13.6 Å². The smallest absolute Gasteiger partial charge is 0.329 e. The van der Waals surface area contributed by atoms with Crippen LogP contribution in [0.1, 0.15) is 0 Å². The largest absolute Gasteiger partial charge is 0.389 e. The van der Waals surface area contributed by atoms with E-state index in [-0.39, 0.29) is 12.1 Å². The van der Waals surface area contributed by atoms with Crippen LogP contribution < -0.4 is 16.1 Å². The molecule has 0 spiro atoms. The zero-order valence-corrected chi connectivity index (χ0v) is 14.6. The Labute approximate surface area is 152 Å². The molecular weight excluding hydrogens is 346 g/mol. The molecule has 136 valence electrons. The van der Waals surface area contributed by atoms with Crippen molar-refractivity contribution in [3.8, 4) is 0 Å². The molecule has 1 aliphatic rings. The standard InChI is InChI=1S/C19H17N5O3/c1-22-16-15(17(26)21-19(22)27)24-10-14(25)9-23(18(24)20-16)13-7-6-11-4-2-3-5-12(11)8-13/h2-8,14,25H,9-10H2,1H3,(H,21,26,27)/t14-/m0/s1. The van der Waals surface area contributed by atoms with Crippen LogP contribution in [0, 0.1) is 0 Å². The van der Waals surface area contributed by atoms with Gasteiger partial charge in [0.2, 0.25) is 5.95 Å². The van der Waals surface area contributed by atoms with E-state index in [0.29, 0.717) is 18.1 Å². The van der Waals surface area contributed by atoms with E-state index >= 15 is 0 Å². The fourth-order valence-electron chi connectivity index (χ4n) is 3.73. The molecule has 0 unspecified atom stereocenters. The zero-order chi connectivity index (χ0) is 18.7. The summed E-state index contributed by atoms with van der Waals surface area (Å²) in [6.45, 7) is 0.602. The number of β-amino-alcohol motifs (C(OH)–C–C–N with tert-alkyl or cyclic N) is 1. The highest BCUT2D eigenvalue weighted by atomic mass is 16.3. The van der Waals surface area contributed by atoms with Gasteiger partial charge < -0.3 is 14.6 Å². The second kappa shape index (κ2) is 5.55. The molecule has 0 radical (unpaired) electrons. The third kappa shape index (κ3) is 2.30. The molecule has 8 heteroatoms. The topological polar surface area (TPSA) is 96.2 Å². The van der Waals surface area contributed by atoms with Gasteiger partial charge in [0, 0.05) is 12.7 Å². The van der Waals surface area contributed by atoms with Crippen LogP contribution in [0.4, 0.5) is 11.6 Å². The Morgan fingerprint density at radius 2 is 1.89 bits per heavy atom. The Morgan fingerprint density at radius 3 is 2.70 bits per heavy atom. The molecule has 4 aromatic rings. The maximum atomic E-state index is 12.4. The molecule has 1 atom stereocenters. The first kappa shape index (κ1) is 15.8. The van der Waals surface area contributed by atoms with Crippen molar-refractivity contribution >= 4 is 33.6 Å². The van der Waals surface area contributed by atoms with Gasteiger partial charge in [0.05, 0.1) is 19.2 Å². The maximum absolute atomic E-state index is 12.4. The predicted molar refractivity (Wildman–Crippen MR) is 103 cm³/mol. The number of fused-ring (bicyclic) bond motifs is 4. The van der Waals surface area contributed by atoms with Gasteiger partial charge >= 0.3 is 5.69 Å². The number of rotatable bonds is 1. The van der Waals surface area contributed by atoms with Crippen molar-refractivity contribution in [2.75, 3.05) is 11.4 Å². The van der Waals surface area contributed by atoms with Crippen molar-refractivity contribution in [1.29, 1.82) is 0 Å². The van der Waals surface area contributed by atoms with E-state index in [0.717, 1.165) is 16.5 Å². The van der Waals surface area contributed by atoms with Gasteiger partial charge in [-0.05, 0) is 22.9 Å². The Bertz CT molecular complexity index is 1320. The van der Waals surface area contributed by atoms with E-state index in [1.807, 2.05) is 47.4 Å². The van der Waals surface area contributed by atoms with Crippen molar-refractivity contribution in [2.45, 2.75) is 12.6 Å². The first-order valence-corrected chi connectivity index (χ1v) is 8.67. The van der Waals surface area contributed by atoms with Crippen LogP contribution >= 0.6 is 0 Å². The molecule has 2 aromatic carbocycles. The van der Waals surface area contributed by atoms with E-state index in [4.69, 9.17) is 0 Å². The van der Waals surface area contributed by atoms with Crippen molar-refractivity contribution in [1.82, 2.24) is 19.1 Å². The number of nitrogens with zero attached hydrogens (tertiary/aromatic N) is 4. The van der Waals surface area contributed by atoms with Crippen LogP contribution in [0.25, 0.3) is 21.9 Å². The first-order valence-electron chi connectivity index (χ1n) is 8.67. The number of aliphatic hydroxyl groups excluding tert-OH is 1. The number of aryl methyl sites for hydroxylation is 1. The number of benzene rings is 2. The second-order valence-electron chi connectivity index (χ2n) is 6.81. The molecule has 0 amide bonds. The second-order valence-corrected chi connectivity index (χ2v) is 6.81. The number of aliphatic hydroxyl groups is 1. The Balaban J connectivity index is 1.77. The van der Waals surface area contributed by atoms with Crippen LogP contribution in [0.15, 0.2) is 52.1 Å². The molecule has 2 aromatic heterocycles. The summed E-state index contributed by atoms with van der Waals surface area (Å²) in [5.41, 5.74) is 0.445. The van der Waals surface area contributed by atoms with Crippen LogP contribution in [0.5, 0.6) is 0 Å². The molecule has 5 rings (SSSR count). The number of H-pyrrole nitrogens is 1. The third-order valence-corrected chi connectivity index (χ3v) is 5.06. The molecule has 0 aliphatic carbocycles. The first-order chi connectivity index (χ1) is 13.0. The number of anilines is 2. The average molecular weight is 363 g/mol. The molecule has 0 saturated carbocycles. The van der Waals surface area contributed by atoms with Gasteiger partial charge in [-0.25, -0.2) is 4.79 Å². The minimum Gasteiger partial charge on any atom is -0.389 e. The Morgan fingerprint density at radius 1 is 1.11 bits per heavy atom. The molecule has 0 fully saturated rings.